The number of nitrogens with zero attached hydrogens (tertiary/aromatic N) is 2. The lowest BCUT2D eigenvalue weighted by Crippen LogP contribution is -2.26. The number of aromatic amines is 1. The van der Waals surface area contributed by atoms with E-state index in [2.05, 4.69) is 21.5 Å². The number of ether oxygens (including phenoxy) is 1. The lowest BCUT2D eigenvalue weighted by molar-refractivity contribution is -0.115. The van der Waals surface area contributed by atoms with E-state index in [4.69, 9.17) is 4.74 Å². The van der Waals surface area contributed by atoms with E-state index in [1.165, 1.54) is 10.1 Å². The summed E-state index contributed by atoms with van der Waals surface area (Å²) in [6.07, 6.45) is 3.82. The molecule has 2 aromatic heterocycles. The monoisotopic (exact) mass is 412 g/mol. The zero-order valence-corrected chi connectivity index (χ0v) is 17.1. The third kappa shape index (κ3) is 4.71. The molecule has 0 saturated carbocycles. The molecule has 0 bridgehead atoms. The molecule has 2 N–H and O–H groups in total. The number of hydrogen-bond acceptors (Lipinski definition) is 5. The number of aryl methyl sites for hydroxylation is 1. The van der Waals surface area contributed by atoms with Gasteiger partial charge in [-0.05, 0) is 37.5 Å². The predicted octanol–water partition coefficient (Wildman–Crippen LogP) is 2.92. The van der Waals surface area contributed by atoms with Crippen LogP contribution in [-0.4, -0.2) is 39.0 Å². The van der Waals surface area contributed by atoms with Gasteiger partial charge in [-0.1, -0.05) is 12.1 Å². The number of nitrogens with one attached hydrogen (secondary N) is 2. The second-order valence-corrected chi connectivity index (χ2v) is 8.47. The maximum Gasteiger partial charge on any atom is 0.276 e. The van der Waals surface area contributed by atoms with E-state index in [1.807, 2.05) is 30.0 Å². The Kier molecular flexibility index (Phi) is 6.01. The average molecular weight is 413 g/mol. The van der Waals surface area contributed by atoms with Crippen LogP contribution in [0.3, 0.4) is 0 Å². The van der Waals surface area contributed by atoms with E-state index >= 15 is 0 Å². The number of fused-ring (bicyclic) bond motifs is 1. The number of rotatable bonds is 6. The molecular formula is C21H24N4O3S. The Morgan fingerprint density at radius 1 is 1.34 bits per heavy atom. The Hall–Kier alpha value is -2.58. The summed E-state index contributed by atoms with van der Waals surface area (Å²) in [5.74, 6) is 0.676. The highest BCUT2D eigenvalue weighted by atomic mass is 32.2. The zero-order valence-electron chi connectivity index (χ0n) is 16.3. The molecular weight excluding hydrogens is 388 g/mol. The highest BCUT2D eigenvalue weighted by molar-refractivity contribution is 7.99. The maximum absolute atomic E-state index is 12.6. The van der Waals surface area contributed by atoms with Gasteiger partial charge in [-0.3, -0.25) is 14.7 Å². The van der Waals surface area contributed by atoms with E-state index in [9.17, 15) is 9.59 Å². The molecule has 1 amide bonds. The summed E-state index contributed by atoms with van der Waals surface area (Å²) in [5, 5.41) is 6.37. The van der Waals surface area contributed by atoms with Crippen LogP contribution in [0.5, 0.6) is 0 Å². The second kappa shape index (κ2) is 8.84. The largest absolute Gasteiger partial charge is 0.381 e. The fourth-order valence-electron chi connectivity index (χ4n) is 3.47. The van der Waals surface area contributed by atoms with Gasteiger partial charge in [-0.15, -0.1) is 0 Å². The first-order valence-electron chi connectivity index (χ1n) is 9.74. The topological polar surface area (TPSA) is 88.5 Å². The van der Waals surface area contributed by atoms with Gasteiger partial charge in [-0.2, -0.15) is 11.8 Å². The van der Waals surface area contributed by atoms with Crippen molar-refractivity contribution in [2.75, 3.05) is 18.5 Å². The van der Waals surface area contributed by atoms with Gasteiger partial charge >= 0.3 is 0 Å². The average Bonchev–Trinajstić information content (AvgIpc) is 3.19. The van der Waals surface area contributed by atoms with Crippen LogP contribution in [-0.2, 0) is 21.7 Å². The van der Waals surface area contributed by atoms with Gasteiger partial charge in [0.2, 0.25) is 5.91 Å². The second-order valence-electron chi connectivity index (χ2n) is 7.19. The molecule has 1 fully saturated rings. The lowest BCUT2D eigenvalue weighted by atomic mass is 10.1. The molecule has 0 spiro atoms. The van der Waals surface area contributed by atoms with Crippen molar-refractivity contribution in [2.45, 2.75) is 37.2 Å². The molecule has 0 unspecified atom stereocenters. The molecule has 1 aliphatic rings. The molecule has 1 saturated heterocycles. The molecule has 0 radical (unpaired) electrons. The minimum atomic E-state index is -0.241. The number of H-pyrrole nitrogens is 1. The third-order valence-corrected chi connectivity index (χ3v) is 6.49. The van der Waals surface area contributed by atoms with Gasteiger partial charge < -0.3 is 10.1 Å². The van der Waals surface area contributed by atoms with Crippen molar-refractivity contribution in [2.24, 2.45) is 0 Å². The van der Waals surface area contributed by atoms with E-state index < -0.39 is 0 Å². The van der Waals surface area contributed by atoms with Crippen molar-refractivity contribution in [3.05, 3.63) is 63.7 Å². The molecule has 1 aliphatic heterocycles. The van der Waals surface area contributed by atoms with Crippen LogP contribution in [0.2, 0.25) is 0 Å². The molecule has 8 heteroatoms. The number of amides is 1. The molecule has 29 heavy (non-hydrogen) atoms. The van der Waals surface area contributed by atoms with Crippen LogP contribution >= 0.6 is 11.8 Å². The first-order chi connectivity index (χ1) is 14.1. The fraction of sp³-hybridized carbons (Fsp3) is 0.381. The molecule has 4 rings (SSSR count). The fourth-order valence-corrected chi connectivity index (χ4v) is 4.60. The summed E-state index contributed by atoms with van der Waals surface area (Å²) in [4.78, 5) is 29.5. The Labute approximate surface area is 172 Å². The number of thioether (sulfide) groups is 1. The normalized spacial score (nSPS) is 14.9. The van der Waals surface area contributed by atoms with E-state index in [1.54, 1.807) is 19.2 Å². The number of carbonyl (C=O) groups excluding carboxylic acids is 1. The smallest absolute Gasteiger partial charge is 0.276 e. The highest BCUT2D eigenvalue weighted by Gasteiger charge is 2.16. The molecule has 3 aromatic rings. The summed E-state index contributed by atoms with van der Waals surface area (Å²) in [6.45, 7) is 3.44. The first kappa shape index (κ1) is 19.7. The molecule has 1 aromatic carbocycles. The summed E-state index contributed by atoms with van der Waals surface area (Å²) >= 11 is 1.94. The summed E-state index contributed by atoms with van der Waals surface area (Å²) in [6, 6.07) is 9.61. The number of carbonyl (C=O) groups is 1. The number of benzene rings is 1. The molecule has 7 nitrogen and oxygen atoms in total. The maximum atomic E-state index is 12.6. The summed E-state index contributed by atoms with van der Waals surface area (Å²) in [5.41, 5.74) is 3.19. The SMILES string of the molecule is Cc1nc2cc[nH]n2c(=O)c1CC(=O)Nc1cccc(CSC2CCOCC2)c1. The van der Waals surface area contributed by atoms with Crippen molar-refractivity contribution in [3.8, 4) is 0 Å². The van der Waals surface area contributed by atoms with Gasteiger partial charge in [0.25, 0.3) is 5.56 Å². The molecule has 0 aliphatic carbocycles. The lowest BCUT2D eigenvalue weighted by Gasteiger charge is -2.21. The Bertz CT molecular complexity index is 1070. The quantitative estimate of drug-likeness (QED) is 0.650. The van der Waals surface area contributed by atoms with E-state index in [0.717, 1.165) is 37.5 Å². The zero-order chi connectivity index (χ0) is 20.2. The van der Waals surface area contributed by atoms with Crippen molar-refractivity contribution >= 4 is 29.0 Å². The van der Waals surface area contributed by atoms with Crippen molar-refractivity contribution in [1.29, 1.82) is 0 Å². The van der Waals surface area contributed by atoms with Crippen LogP contribution in [0.4, 0.5) is 5.69 Å². The summed E-state index contributed by atoms with van der Waals surface area (Å²) in [7, 11) is 0. The van der Waals surface area contributed by atoms with Crippen LogP contribution in [0.1, 0.15) is 29.7 Å². The molecule has 3 heterocycles. The number of hydrogen-bond donors (Lipinski definition) is 2. The van der Waals surface area contributed by atoms with Gasteiger partial charge in [-0.25, -0.2) is 9.50 Å². The van der Waals surface area contributed by atoms with Crippen molar-refractivity contribution in [3.63, 3.8) is 0 Å². The summed E-state index contributed by atoms with van der Waals surface area (Å²) < 4.78 is 6.76. The number of aromatic nitrogens is 3. The van der Waals surface area contributed by atoms with Crippen molar-refractivity contribution < 1.29 is 9.53 Å². The minimum Gasteiger partial charge on any atom is -0.381 e. The third-order valence-electron chi connectivity index (χ3n) is 5.05. The highest BCUT2D eigenvalue weighted by Crippen LogP contribution is 2.26. The Morgan fingerprint density at radius 2 is 2.17 bits per heavy atom. The van der Waals surface area contributed by atoms with Crippen LogP contribution in [0, 0.1) is 6.92 Å². The standard InChI is InChI=1S/C21H24N4O3S/c1-14-18(21(27)25-19(23-14)5-8-22-25)12-20(26)24-16-4-2-3-15(11-16)13-29-17-6-9-28-10-7-17/h2-5,8,11,17,22H,6-7,9-10,12-13H2,1H3,(H,24,26). The predicted molar refractivity (Wildman–Crippen MR) is 114 cm³/mol. The van der Waals surface area contributed by atoms with Gasteiger partial charge in [0.1, 0.15) is 0 Å². The molecule has 0 atom stereocenters. The van der Waals surface area contributed by atoms with Crippen LogP contribution in [0.15, 0.2) is 41.3 Å². The van der Waals surface area contributed by atoms with E-state index in [0.29, 0.717) is 22.2 Å². The Morgan fingerprint density at radius 3 is 3.00 bits per heavy atom. The van der Waals surface area contributed by atoms with Gasteiger partial charge in [0.05, 0.1) is 6.42 Å². The Balaban J connectivity index is 1.40. The minimum absolute atomic E-state index is 0.0132. The number of anilines is 1. The first-order valence-corrected chi connectivity index (χ1v) is 10.8. The van der Waals surface area contributed by atoms with Gasteiger partial charge in [0.15, 0.2) is 5.65 Å². The molecule has 152 valence electrons. The van der Waals surface area contributed by atoms with Crippen molar-refractivity contribution in [1.82, 2.24) is 14.6 Å². The van der Waals surface area contributed by atoms with Crippen LogP contribution < -0.4 is 10.9 Å². The van der Waals surface area contributed by atoms with Gasteiger partial charge in [0, 0.05) is 53.4 Å². The van der Waals surface area contributed by atoms with Crippen LogP contribution in [0.25, 0.3) is 5.65 Å². The van der Waals surface area contributed by atoms with E-state index in [-0.39, 0.29) is 17.9 Å².